The minimum atomic E-state index is -1.36. The van der Waals surface area contributed by atoms with Crippen LogP contribution in [0.2, 0.25) is 0 Å². The summed E-state index contributed by atoms with van der Waals surface area (Å²) in [5.41, 5.74) is 4.89. The molecule has 3 heterocycles. The number of hydrogen-bond acceptors (Lipinski definition) is 7. The zero-order valence-corrected chi connectivity index (χ0v) is 19.8. The molecule has 4 aromatic rings. The Morgan fingerprint density at radius 3 is 2.70 bits per heavy atom. The van der Waals surface area contributed by atoms with Crippen molar-refractivity contribution in [3.63, 3.8) is 0 Å². The number of rotatable bonds is 6. The lowest BCUT2D eigenvalue weighted by Crippen LogP contribution is -2.42. The van der Waals surface area contributed by atoms with Gasteiger partial charge in [0.25, 0.3) is 0 Å². The van der Waals surface area contributed by atoms with Crippen LogP contribution in [0.25, 0.3) is 22.2 Å². The third kappa shape index (κ3) is 4.91. The van der Waals surface area contributed by atoms with Crippen molar-refractivity contribution in [1.29, 1.82) is 5.26 Å². The van der Waals surface area contributed by atoms with Crippen LogP contribution in [0.4, 0.5) is 0 Å². The summed E-state index contributed by atoms with van der Waals surface area (Å²) in [6.07, 6.45) is 2.12. The molecule has 168 valence electrons. The Kier molecular flexibility index (Phi) is 6.47. The molecule has 8 heteroatoms. The molecule has 33 heavy (non-hydrogen) atoms. The maximum atomic E-state index is 13.1. The van der Waals surface area contributed by atoms with Crippen molar-refractivity contribution in [3.8, 4) is 17.3 Å². The lowest BCUT2D eigenvalue weighted by atomic mass is 9.98. The van der Waals surface area contributed by atoms with Crippen molar-refractivity contribution in [2.24, 2.45) is 0 Å². The molecule has 0 radical (unpaired) electrons. The van der Waals surface area contributed by atoms with Crippen LogP contribution < -0.4 is 4.72 Å². The summed E-state index contributed by atoms with van der Waals surface area (Å²) >= 11 is -1.36. The second-order valence-electron chi connectivity index (χ2n) is 8.79. The van der Waals surface area contributed by atoms with Gasteiger partial charge in [0.2, 0.25) is 0 Å². The lowest BCUT2D eigenvalue weighted by molar-refractivity contribution is 0.459. The monoisotopic (exact) mass is 459 g/mol. The van der Waals surface area contributed by atoms with Gasteiger partial charge in [-0.3, -0.25) is 4.98 Å². The number of aromatic nitrogens is 3. The van der Waals surface area contributed by atoms with Crippen LogP contribution in [0, 0.1) is 18.3 Å². The van der Waals surface area contributed by atoms with Gasteiger partial charge in [0, 0.05) is 40.6 Å². The Morgan fingerprint density at radius 2 is 1.94 bits per heavy atom. The summed E-state index contributed by atoms with van der Waals surface area (Å²) in [5.74, 6) is 0. The van der Waals surface area contributed by atoms with Crippen LogP contribution in [-0.2, 0) is 17.8 Å². The molecule has 1 N–H and O–H groups in total. The van der Waals surface area contributed by atoms with E-state index >= 15 is 0 Å². The molecule has 0 bridgehead atoms. The Balaban J connectivity index is 1.82. The number of nitrogens with zero attached hydrogens (tertiary/aromatic N) is 4. The predicted octanol–water partition coefficient (Wildman–Crippen LogP) is 4.80. The van der Waals surface area contributed by atoms with Gasteiger partial charge in [0.05, 0.1) is 5.69 Å². The molecule has 2 atom stereocenters. The maximum Gasteiger partial charge on any atom is 0.167 e. The molecule has 0 aliphatic carbocycles. The Labute approximate surface area is 196 Å². The predicted molar refractivity (Wildman–Crippen MR) is 128 cm³/mol. The van der Waals surface area contributed by atoms with E-state index < -0.39 is 22.2 Å². The maximum absolute atomic E-state index is 13.1. The SMILES string of the molecule is Cc1ccc(C#N)nc1CC(N[S+]([O-])C(C)(C)C)c1ncccc1-c1noc2ccccc12. The molecule has 0 aliphatic heterocycles. The van der Waals surface area contributed by atoms with Gasteiger partial charge in [-0.2, -0.15) is 5.26 Å². The second-order valence-corrected chi connectivity index (χ2v) is 10.8. The first kappa shape index (κ1) is 22.9. The third-order valence-corrected chi connectivity index (χ3v) is 6.93. The fraction of sp³-hybridized carbons (Fsp3) is 0.280. The normalized spacial score (nSPS) is 13.6. The third-order valence-electron chi connectivity index (χ3n) is 5.32. The standard InChI is InChI=1S/C25H25N5O2S/c1-16-11-12-17(15-26)28-20(16)14-21(30-33(31)25(2,3)4)24-19(9-7-13-27-24)23-18-8-5-6-10-22(18)32-29-23/h5-13,21,30H,14H2,1-4H3. The van der Waals surface area contributed by atoms with E-state index in [1.54, 1.807) is 12.3 Å². The first-order valence-corrected chi connectivity index (χ1v) is 11.8. The highest BCUT2D eigenvalue weighted by Crippen LogP contribution is 2.34. The minimum Gasteiger partial charge on any atom is -0.598 e. The van der Waals surface area contributed by atoms with Crippen LogP contribution in [0.1, 0.15) is 49.5 Å². The van der Waals surface area contributed by atoms with Crippen LogP contribution in [0.3, 0.4) is 0 Å². The molecule has 4 rings (SSSR count). The van der Waals surface area contributed by atoms with E-state index in [0.29, 0.717) is 29.1 Å². The first-order chi connectivity index (χ1) is 15.8. The van der Waals surface area contributed by atoms with Crippen LogP contribution in [0.15, 0.2) is 59.3 Å². The second kappa shape index (κ2) is 9.32. The van der Waals surface area contributed by atoms with E-state index in [2.05, 4.69) is 25.9 Å². The molecule has 0 amide bonds. The van der Waals surface area contributed by atoms with Gasteiger partial charge in [-0.1, -0.05) is 23.4 Å². The number of hydrogen-bond donors (Lipinski definition) is 1. The van der Waals surface area contributed by atoms with Crippen molar-refractivity contribution >= 4 is 22.3 Å². The van der Waals surface area contributed by atoms with Gasteiger partial charge in [-0.15, -0.1) is 4.72 Å². The summed E-state index contributed by atoms with van der Waals surface area (Å²) in [6, 6.07) is 16.7. The smallest absolute Gasteiger partial charge is 0.167 e. The minimum absolute atomic E-state index is 0.343. The topological polar surface area (TPSA) is 111 Å². The van der Waals surface area contributed by atoms with E-state index in [0.717, 1.165) is 22.2 Å². The molecule has 1 aromatic carbocycles. The number of nitrogens with one attached hydrogen (secondary N) is 1. The summed E-state index contributed by atoms with van der Waals surface area (Å²) in [6.45, 7) is 7.69. The number of para-hydroxylation sites is 1. The van der Waals surface area contributed by atoms with E-state index in [1.165, 1.54) is 0 Å². The highest BCUT2D eigenvalue weighted by Gasteiger charge is 2.32. The van der Waals surface area contributed by atoms with Gasteiger partial charge in [0.15, 0.2) is 5.58 Å². The fourth-order valence-electron chi connectivity index (χ4n) is 3.51. The Hall–Kier alpha value is -3.25. The quantitative estimate of drug-likeness (QED) is 0.412. The molecule has 7 nitrogen and oxygen atoms in total. The van der Waals surface area contributed by atoms with Crippen LogP contribution >= 0.6 is 0 Å². The van der Waals surface area contributed by atoms with Crippen molar-refractivity contribution < 1.29 is 9.08 Å². The fourth-order valence-corrected chi connectivity index (χ4v) is 4.32. The van der Waals surface area contributed by atoms with E-state index in [4.69, 9.17) is 4.52 Å². The highest BCUT2D eigenvalue weighted by molar-refractivity contribution is 7.90. The number of pyridine rings is 2. The van der Waals surface area contributed by atoms with Gasteiger partial charge < -0.3 is 9.08 Å². The zero-order valence-electron chi connectivity index (χ0n) is 19.0. The van der Waals surface area contributed by atoms with Gasteiger partial charge >= 0.3 is 0 Å². The van der Waals surface area contributed by atoms with Gasteiger partial charge in [0.1, 0.15) is 28.2 Å². The van der Waals surface area contributed by atoms with Crippen LogP contribution in [0.5, 0.6) is 0 Å². The van der Waals surface area contributed by atoms with Gasteiger partial charge in [-0.05, 0) is 63.6 Å². The zero-order chi connectivity index (χ0) is 23.6. The van der Waals surface area contributed by atoms with Crippen LogP contribution in [-0.4, -0.2) is 24.4 Å². The summed E-state index contributed by atoms with van der Waals surface area (Å²) in [4.78, 5) is 9.18. The first-order valence-electron chi connectivity index (χ1n) is 10.6. The summed E-state index contributed by atoms with van der Waals surface area (Å²) in [7, 11) is 0. The molecular formula is C25H25N5O2S. The van der Waals surface area contributed by atoms with E-state index in [9.17, 15) is 9.81 Å². The Bertz CT molecular complexity index is 1320. The molecular weight excluding hydrogens is 434 g/mol. The average molecular weight is 460 g/mol. The molecule has 2 unspecified atom stereocenters. The molecule has 0 saturated carbocycles. The molecule has 0 aliphatic rings. The van der Waals surface area contributed by atoms with Crippen molar-refractivity contribution in [1.82, 2.24) is 19.8 Å². The van der Waals surface area contributed by atoms with Gasteiger partial charge in [-0.25, -0.2) is 4.98 Å². The van der Waals surface area contributed by atoms with Crippen molar-refractivity contribution in [2.75, 3.05) is 0 Å². The Morgan fingerprint density at radius 1 is 1.15 bits per heavy atom. The van der Waals surface area contributed by atoms with Crippen molar-refractivity contribution in [3.05, 3.63) is 77.4 Å². The number of aryl methyl sites for hydroxylation is 1. The highest BCUT2D eigenvalue weighted by atomic mass is 32.2. The van der Waals surface area contributed by atoms with Crippen molar-refractivity contribution in [2.45, 2.75) is 44.9 Å². The molecule has 3 aromatic heterocycles. The molecule has 0 saturated heterocycles. The van der Waals surface area contributed by atoms with E-state index in [1.807, 2.05) is 70.2 Å². The number of benzene rings is 1. The summed E-state index contributed by atoms with van der Waals surface area (Å²) in [5, 5.41) is 14.5. The molecule has 0 fully saturated rings. The van der Waals surface area contributed by atoms with E-state index in [-0.39, 0.29) is 0 Å². The summed E-state index contributed by atoms with van der Waals surface area (Å²) < 4.78 is 21.4. The lowest BCUT2D eigenvalue weighted by Gasteiger charge is -2.28. The number of nitriles is 1. The largest absolute Gasteiger partial charge is 0.598 e. The average Bonchev–Trinajstić information content (AvgIpc) is 3.23. The number of fused-ring (bicyclic) bond motifs is 1. The molecule has 0 spiro atoms.